The monoisotopic (exact) mass is 100 g/mol. The van der Waals surface area contributed by atoms with Crippen LogP contribution in [-0.4, -0.2) is 43.1 Å². The number of carbonyl (C=O) groups is 1. The smallest absolute Gasteiger partial charge is 0.316 e. The first-order valence-corrected chi connectivity index (χ1v) is 1.34. The molecule has 0 aromatic rings. The topological polar surface area (TPSA) is 26.3 Å². The molecule has 2 nitrogen and oxygen atoms in total. The summed E-state index contributed by atoms with van der Waals surface area (Å²) < 4.78 is 4.32. The molecule has 6 heavy (non-hydrogen) atoms. The Morgan fingerprint density at radius 2 is 2.33 bits per heavy atom. The molecule has 0 bridgehead atoms. The highest BCUT2D eigenvalue weighted by molar-refractivity contribution is 5.75. The first-order valence-electron chi connectivity index (χ1n) is 1.34. The van der Waals surface area contributed by atoms with E-state index in [4.69, 9.17) is 0 Å². The summed E-state index contributed by atoms with van der Waals surface area (Å²) in [4.78, 5) is 9.28. The highest BCUT2D eigenvalue weighted by Gasteiger charge is 1.64. The second-order valence-corrected chi connectivity index (χ2v) is 0.622. The Hall–Kier alpha value is 0.396. The Labute approximate surface area is 53.0 Å². The van der Waals surface area contributed by atoms with Crippen LogP contribution in [0.3, 0.4) is 0 Å². The number of methoxy groups -OCH3 is 1. The molecule has 0 aromatic carbocycles. The number of carbonyl (C=O) groups excluding carboxylic acids is 1. The van der Waals surface area contributed by atoms with E-state index in [9.17, 15) is 4.79 Å². The Bertz CT molecular complexity index is 30.0. The van der Waals surface area contributed by atoms with Crippen molar-refractivity contribution in [3.63, 3.8) is 0 Å². The summed E-state index contributed by atoms with van der Waals surface area (Å²) in [6.07, 6.45) is 0.708. The van der Waals surface area contributed by atoms with Gasteiger partial charge in [-0.25, -0.2) is 0 Å². The lowest BCUT2D eigenvalue weighted by Gasteiger charge is -1.76. The highest BCUT2D eigenvalue weighted by Crippen LogP contribution is 1.50. The summed E-state index contributed by atoms with van der Waals surface area (Å²) in [5.74, 6) is 0. The normalized spacial score (nSPS) is 6.17. The molecular weight excluding hydrogens is 92.3 g/mol. The lowest BCUT2D eigenvalue weighted by molar-refractivity contribution is -0.110. The van der Waals surface area contributed by atoms with E-state index >= 15 is 0 Å². The summed E-state index contributed by atoms with van der Waals surface area (Å²) in [6.45, 7) is 0.208. The van der Waals surface area contributed by atoms with Gasteiger partial charge in [0.1, 0.15) is 12.9 Å². The van der Waals surface area contributed by atoms with E-state index in [2.05, 4.69) is 4.74 Å². The molecule has 0 aliphatic heterocycles. The maximum atomic E-state index is 9.28. The molecule has 0 aliphatic carbocycles. The van der Waals surface area contributed by atoms with Gasteiger partial charge in [0.05, 0.1) is 0 Å². The SMILES string of the molecule is COCC=O.[MgH2]. The van der Waals surface area contributed by atoms with Crippen molar-refractivity contribution in [1.82, 2.24) is 0 Å². The number of ether oxygens (including phenoxy) is 1. The van der Waals surface area contributed by atoms with Crippen molar-refractivity contribution in [2.75, 3.05) is 13.7 Å². The van der Waals surface area contributed by atoms with Crippen molar-refractivity contribution in [1.29, 1.82) is 0 Å². The van der Waals surface area contributed by atoms with Crippen LogP contribution in [0, 0.1) is 0 Å². The van der Waals surface area contributed by atoms with Crippen molar-refractivity contribution in [2.45, 2.75) is 0 Å². The summed E-state index contributed by atoms with van der Waals surface area (Å²) in [7, 11) is 1.48. The number of hydrogen-bond acceptors (Lipinski definition) is 2. The second kappa shape index (κ2) is 9.04. The van der Waals surface area contributed by atoms with Gasteiger partial charge in [-0.05, 0) is 0 Å². The zero-order chi connectivity index (χ0) is 4.12. The molecule has 0 rings (SSSR count). The van der Waals surface area contributed by atoms with Crippen LogP contribution in [0.1, 0.15) is 0 Å². The molecule has 0 unspecified atom stereocenters. The lowest BCUT2D eigenvalue weighted by atomic mass is 10.8. The zero-order valence-electron chi connectivity index (χ0n) is 3.10. The van der Waals surface area contributed by atoms with Gasteiger partial charge in [-0.15, -0.1) is 0 Å². The number of aldehydes is 1. The predicted octanol–water partition coefficient (Wildman–Crippen LogP) is -1.08. The van der Waals surface area contributed by atoms with Crippen molar-refractivity contribution in [2.24, 2.45) is 0 Å². The standard InChI is InChI=1S/C3H6O2.Mg.2H/c1-5-3-2-4;;;/h2H,3H2,1H3;;;. The first-order chi connectivity index (χ1) is 2.41. The van der Waals surface area contributed by atoms with Crippen LogP contribution in [0.25, 0.3) is 0 Å². The van der Waals surface area contributed by atoms with Crippen LogP contribution in [0.5, 0.6) is 0 Å². The fourth-order valence-corrected chi connectivity index (χ4v) is 0.0680. The van der Waals surface area contributed by atoms with E-state index in [0.717, 1.165) is 0 Å². The van der Waals surface area contributed by atoms with Crippen molar-refractivity contribution < 1.29 is 9.53 Å². The van der Waals surface area contributed by atoms with Crippen LogP contribution >= 0.6 is 0 Å². The fourth-order valence-electron chi connectivity index (χ4n) is 0.0680. The van der Waals surface area contributed by atoms with E-state index in [1.165, 1.54) is 7.11 Å². The highest BCUT2D eigenvalue weighted by atomic mass is 24.3. The first kappa shape index (κ1) is 9.64. The van der Waals surface area contributed by atoms with Gasteiger partial charge in [0.25, 0.3) is 0 Å². The van der Waals surface area contributed by atoms with E-state index in [-0.39, 0.29) is 29.7 Å². The Kier molecular flexibility index (Phi) is 14.5. The molecule has 0 aliphatic rings. The Balaban J connectivity index is 0. The predicted molar refractivity (Wildman–Crippen MR) is 26.5 cm³/mol. The maximum absolute atomic E-state index is 9.28. The van der Waals surface area contributed by atoms with Gasteiger partial charge in [0.15, 0.2) is 0 Å². The molecule has 0 spiro atoms. The number of hydrogen-bond donors (Lipinski definition) is 0. The van der Waals surface area contributed by atoms with Gasteiger partial charge in [0.2, 0.25) is 0 Å². The fraction of sp³-hybridized carbons (Fsp3) is 0.667. The minimum Gasteiger partial charge on any atom is -0.377 e. The maximum Gasteiger partial charge on any atom is 0.316 e. The van der Waals surface area contributed by atoms with Crippen LogP contribution in [0.15, 0.2) is 0 Å². The zero-order valence-corrected chi connectivity index (χ0v) is 3.10. The van der Waals surface area contributed by atoms with Gasteiger partial charge in [0, 0.05) is 7.11 Å². The Morgan fingerprint density at radius 1 is 1.83 bits per heavy atom. The summed E-state index contributed by atoms with van der Waals surface area (Å²) in [5, 5.41) is 0. The minimum absolute atomic E-state index is 0. The molecule has 0 atom stereocenters. The van der Waals surface area contributed by atoms with Gasteiger partial charge < -0.3 is 9.53 Å². The average Bonchev–Trinajstić information content (AvgIpc) is 1.41. The summed E-state index contributed by atoms with van der Waals surface area (Å²) in [6, 6.07) is 0. The summed E-state index contributed by atoms with van der Waals surface area (Å²) in [5.41, 5.74) is 0. The van der Waals surface area contributed by atoms with E-state index in [1.807, 2.05) is 0 Å². The molecule has 0 heterocycles. The molecule has 0 amide bonds. The lowest BCUT2D eigenvalue weighted by Crippen LogP contribution is -1.84. The second-order valence-electron chi connectivity index (χ2n) is 0.622. The van der Waals surface area contributed by atoms with Crippen LogP contribution in [0.2, 0.25) is 0 Å². The molecule has 0 saturated carbocycles. The van der Waals surface area contributed by atoms with E-state index < -0.39 is 0 Å². The van der Waals surface area contributed by atoms with Gasteiger partial charge >= 0.3 is 23.1 Å². The van der Waals surface area contributed by atoms with Gasteiger partial charge in [-0.2, -0.15) is 0 Å². The third kappa shape index (κ3) is 8.83. The minimum atomic E-state index is 0. The molecule has 0 aromatic heterocycles. The summed E-state index contributed by atoms with van der Waals surface area (Å²) >= 11 is 0. The average molecular weight is 100 g/mol. The molecule has 0 radical (unpaired) electrons. The molecular formula is C3H8MgO2. The third-order valence-electron chi connectivity index (χ3n) is 0.235. The molecule has 3 heteroatoms. The Morgan fingerprint density at radius 3 is 2.33 bits per heavy atom. The largest absolute Gasteiger partial charge is 0.377 e. The number of rotatable bonds is 2. The van der Waals surface area contributed by atoms with Gasteiger partial charge in [-0.3, -0.25) is 0 Å². The molecule has 0 fully saturated rings. The molecule has 0 saturated heterocycles. The van der Waals surface area contributed by atoms with Crippen LogP contribution < -0.4 is 0 Å². The third-order valence-corrected chi connectivity index (χ3v) is 0.235. The molecule has 34 valence electrons. The van der Waals surface area contributed by atoms with Crippen molar-refractivity contribution >= 4 is 29.3 Å². The van der Waals surface area contributed by atoms with Crippen molar-refractivity contribution in [3.05, 3.63) is 0 Å². The van der Waals surface area contributed by atoms with Gasteiger partial charge in [-0.1, -0.05) is 0 Å². The van der Waals surface area contributed by atoms with E-state index in [0.29, 0.717) is 6.29 Å². The molecule has 0 N–H and O–H groups in total. The van der Waals surface area contributed by atoms with E-state index in [1.54, 1.807) is 0 Å². The quantitative estimate of drug-likeness (QED) is 0.326. The van der Waals surface area contributed by atoms with Crippen LogP contribution in [-0.2, 0) is 9.53 Å². The van der Waals surface area contributed by atoms with Crippen molar-refractivity contribution in [3.8, 4) is 0 Å². The van der Waals surface area contributed by atoms with Crippen LogP contribution in [0.4, 0.5) is 0 Å².